The number of aromatic amines is 3. The molecule has 29 heteroatoms. The van der Waals surface area contributed by atoms with Crippen molar-refractivity contribution in [2.75, 3.05) is 29.7 Å². The first-order chi connectivity index (χ1) is 49.2. The standard InChI is InChI=1S/C73H88N14O12S3/c1-41-24-63(89)48-30-64(90)45(27-46-33-77-53-19-9-7-17-51(46)53)29-65(91)56(31-49-16-13-23-76-49)82-69(95)57(26-44-14-5-4-6-15-44)84-71(97)59(32-50-35-75-39-79-50)85-72(98)61-38-100-40-87(61)73(99)60(37-102-101-36-48)86-70(96)58(28-47-34-78-54-20-10-8-18-52(47)54)83-67(93)43(3)80-68(94)55(21-11-12-22-74)81-66(92)42(2)25-62(41)88/h4-10,14-20,23,33-35,39,41-43,45,48,55-61,77-78H,11-13,21-22,24-32,36-38,40,74H2,1-3H3,(H,75,79)(H,80,94)(H,81,92)(H,82,95)(H,83,93)(H,84,97)(H,85,98)(H,86,96)/t41-,42-,43+,45-,48+,55+,56+,57-,58+,59+,60+,61+/m1/s1. The lowest BCUT2D eigenvalue weighted by Crippen LogP contribution is -2.61. The van der Waals surface area contributed by atoms with Gasteiger partial charge in [0.15, 0.2) is 5.78 Å². The molecular formula is C73H88N14O12S3. The molecule has 3 aromatic heterocycles. The normalized spacial score (nSPS) is 26.5. The number of hydrogen-bond donors (Lipinski definition) is 11. The van der Waals surface area contributed by atoms with Crippen molar-refractivity contribution in [1.82, 2.24) is 62.1 Å². The quantitative estimate of drug-likeness (QED) is 0.0525. The van der Waals surface area contributed by atoms with Gasteiger partial charge in [-0.05, 0) is 68.0 Å². The first-order valence-corrected chi connectivity index (χ1v) is 38.2. The van der Waals surface area contributed by atoms with E-state index >= 15 is 38.4 Å². The molecule has 3 fully saturated rings. The molecule has 2 bridgehead atoms. The summed E-state index contributed by atoms with van der Waals surface area (Å²) in [6.07, 6.45) is 9.32. The topological polar surface area (TPSA) is 391 Å². The molecule has 540 valence electrons. The Morgan fingerprint density at radius 3 is 1.81 bits per heavy atom. The van der Waals surface area contributed by atoms with Gasteiger partial charge in [0, 0.05) is 157 Å². The molecule has 0 spiro atoms. The average molecular weight is 1450 g/mol. The van der Waals surface area contributed by atoms with Crippen LogP contribution in [0.5, 0.6) is 0 Å². The second kappa shape index (κ2) is 36.1. The molecule has 12 N–H and O–H groups in total. The largest absolute Gasteiger partial charge is 0.361 e. The van der Waals surface area contributed by atoms with Crippen molar-refractivity contribution in [1.29, 1.82) is 0 Å². The summed E-state index contributed by atoms with van der Waals surface area (Å²) in [5.41, 5.74) is 10.2. The van der Waals surface area contributed by atoms with Crippen molar-refractivity contribution in [2.45, 2.75) is 153 Å². The molecule has 26 nitrogen and oxygen atoms in total. The molecule has 12 atom stereocenters. The molecule has 0 saturated carbocycles. The lowest BCUT2D eigenvalue weighted by Gasteiger charge is -2.30. The zero-order valence-electron chi connectivity index (χ0n) is 57.2. The SMILES string of the molecule is C[C@@H]1CC(=O)[C@@H]2CSSC[C@H](NC(=O)[C@H](Cc3c[nH]c4ccccc34)NC(=O)[C@H](C)NC(=O)[C@H](CCCCN)NC(=O)[C@H](C)CC1=O)C(=O)N1CSC[C@H]1C(=O)N[C@@H](Cc1cnc[nH]1)C(=O)N[C@H](Cc1ccccc1)C(=O)N[C@@H](CC1=CCC=N1)C(=O)C[C@@H](Cc1c[nH]c3ccccc13)C(=O)C2. The van der Waals surface area contributed by atoms with Gasteiger partial charge in [-0.1, -0.05) is 108 Å². The maximum atomic E-state index is 15.6. The molecule has 0 radical (unpaired) electrons. The lowest BCUT2D eigenvalue weighted by atomic mass is 9.82. The number of aromatic nitrogens is 4. The van der Waals surface area contributed by atoms with Crippen molar-refractivity contribution in [2.24, 2.45) is 34.4 Å². The van der Waals surface area contributed by atoms with Crippen LogP contribution in [0.2, 0.25) is 0 Å². The number of amides is 8. The van der Waals surface area contributed by atoms with Gasteiger partial charge in [-0.15, -0.1) is 11.8 Å². The van der Waals surface area contributed by atoms with E-state index in [1.807, 2.05) is 54.6 Å². The highest BCUT2D eigenvalue weighted by atomic mass is 33.1. The van der Waals surface area contributed by atoms with Crippen molar-refractivity contribution in [3.8, 4) is 0 Å². The minimum atomic E-state index is -1.47. The van der Waals surface area contributed by atoms with Crippen LogP contribution < -0.4 is 43.0 Å². The molecule has 3 saturated heterocycles. The molecule has 8 amide bonds. The van der Waals surface area contributed by atoms with Crippen LogP contribution in [-0.2, 0) is 83.2 Å². The summed E-state index contributed by atoms with van der Waals surface area (Å²) in [6.45, 7) is 4.79. The van der Waals surface area contributed by atoms with Gasteiger partial charge < -0.3 is 62.8 Å². The van der Waals surface area contributed by atoms with Crippen LogP contribution in [-0.4, -0.2) is 179 Å². The highest BCUT2D eigenvalue weighted by Crippen LogP contribution is 2.33. The number of carbonyl (C=O) groups is 12. The molecule has 0 aliphatic carbocycles. The van der Waals surface area contributed by atoms with Crippen molar-refractivity contribution < 1.29 is 57.5 Å². The Morgan fingerprint density at radius 1 is 0.520 bits per heavy atom. The highest BCUT2D eigenvalue weighted by Gasteiger charge is 2.42. The van der Waals surface area contributed by atoms with Crippen molar-refractivity contribution >= 4 is 132 Å². The summed E-state index contributed by atoms with van der Waals surface area (Å²) in [5.74, 6) is -12.4. The van der Waals surface area contributed by atoms with Crippen LogP contribution in [0.3, 0.4) is 0 Å². The van der Waals surface area contributed by atoms with Gasteiger partial charge in [0.05, 0.1) is 18.2 Å². The fourth-order valence-electron chi connectivity index (χ4n) is 13.1. The number of fused-ring (bicyclic) bond motifs is 8. The summed E-state index contributed by atoms with van der Waals surface area (Å²) in [6, 6.07) is 12.9. The van der Waals surface area contributed by atoms with Crippen LogP contribution in [0.1, 0.15) is 101 Å². The number of para-hydroxylation sites is 2. The zero-order chi connectivity index (χ0) is 72.4. The highest BCUT2D eigenvalue weighted by molar-refractivity contribution is 8.76. The fraction of sp³-hybridized carbons (Fsp3) is 0.452. The van der Waals surface area contributed by atoms with Gasteiger partial charge in [0.25, 0.3) is 0 Å². The summed E-state index contributed by atoms with van der Waals surface area (Å²) < 4.78 is 0. The Bertz CT molecular complexity index is 4100. The molecule has 10 rings (SSSR count). The predicted octanol–water partition coefficient (Wildman–Crippen LogP) is 4.59. The number of nitrogens with zero attached hydrogens (tertiary/aromatic N) is 3. The van der Waals surface area contributed by atoms with E-state index in [4.69, 9.17) is 5.73 Å². The fourth-order valence-corrected chi connectivity index (χ4v) is 16.7. The number of thioether (sulfide) groups is 1. The van der Waals surface area contributed by atoms with Gasteiger partial charge in [-0.2, -0.15) is 0 Å². The third-order valence-electron chi connectivity index (χ3n) is 19.1. The predicted molar refractivity (Wildman–Crippen MR) is 391 cm³/mol. The second-order valence-electron chi connectivity index (χ2n) is 26.7. The molecular weight excluding hydrogens is 1360 g/mol. The smallest absolute Gasteiger partial charge is 0.247 e. The van der Waals surface area contributed by atoms with Gasteiger partial charge in [0.2, 0.25) is 47.3 Å². The van der Waals surface area contributed by atoms with E-state index in [9.17, 15) is 19.2 Å². The van der Waals surface area contributed by atoms with Gasteiger partial charge in [-0.3, -0.25) is 62.5 Å². The minimum Gasteiger partial charge on any atom is -0.361 e. The van der Waals surface area contributed by atoms with E-state index in [-0.39, 0.29) is 74.5 Å². The monoisotopic (exact) mass is 1450 g/mol. The number of rotatable bonds is 14. The number of aliphatic imine (C=N–C) groups is 1. The second-order valence-corrected chi connectivity index (χ2v) is 30.2. The van der Waals surface area contributed by atoms with Crippen LogP contribution in [0.4, 0.5) is 0 Å². The van der Waals surface area contributed by atoms with E-state index in [1.54, 1.807) is 55.9 Å². The number of hydrogen-bond acceptors (Lipinski definition) is 18. The molecule has 102 heavy (non-hydrogen) atoms. The van der Waals surface area contributed by atoms with Gasteiger partial charge in [0.1, 0.15) is 59.6 Å². The minimum absolute atomic E-state index is 0.0132. The van der Waals surface area contributed by atoms with E-state index < -0.39 is 155 Å². The number of nitrogens with one attached hydrogen (secondary N) is 10. The number of ketones is 4. The molecule has 6 aromatic rings. The molecule has 4 aliphatic heterocycles. The number of imidazole rings is 1. The number of unbranched alkanes of at least 4 members (excludes halogenated alkanes) is 1. The number of allylic oxidation sites excluding steroid dienone is 1. The molecule has 7 heterocycles. The van der Waals surface area contributed by atoms with Gasteiger partial charge in [-0.25, -0.2) is 4.98 Å². The number of H-pyrrole nitrogens is 3. The maximum absolute atomic E-state index is 15.6. The van der Waals surface area contributed by atoms with E-state index in [0.29, 0.717) is 53.9 Å². The first-order valence-electron chi connectivity index (χ1n) is 34.6. The van der Waals surface area contributed by atoms with E-state index in [2.05, 4.69) is 62.1 Å². The third kappa shape index (κ3) is 20.1. The first kappa shape index (κ1) is 75.5. The number of benzene rings is 3. The maximum Gasteiger partial charge on any atom is 0.247 e. The van der Waals surface area contributed by atoms with E-state index in [0.717, 1.165) is 43.4 Å². The molecule has 3 aromatic carbocycles. The Balaban J connectivity index is 1.06. The van der Waals surface area contributed by atoms with Gasteiger partial charge >= 0.3 is 0 Å². The summed E-state index contributed by atoms with van der Waals surface area (Å²) in [5, 5.41) is 21.4. The van der Waals surface area contributed by atoms with Crippen molar-refractivity contribution in [3.05, 3.63) is 138 Å². The Morgan fingerprint density at radius 2 is 1.13 bits per heavy atom. The summed E-state index contributed by atoms with van der Waals surface area (Å²) in [7, 11) is 2.21. The Hall–Kier alpha value is -9.19. The Labute approximate surface area is 602 Å². The van der Waals surface area contributed by atoms with Crippen molar-refractivity contribution in [3.63, 3.8) is 0 Å². The van der Waals surface area contributed by atoms with E-state index in [1.165, 1.54) is 43.0 Å². The summed E-state index contributed by atoms with van der Waals surface area (Å²) >= 11 is 1.25. The van der Waals surface area contributed by atoms with Crippen LogP contribution in [0, 0.1) is 23.7 Å². The number of Topliss-reactive ketones (excluding diaryl/α,β-unsaturated/α-hetero) is 4. The van der Waals surface area contributed by atoms with Crippen LogP contribution >= 0.6 is 33.3 Å². The number of carbonyl (C=O) groups excluding carboxylic acids is 12. The Kier molecular flexibility index (Phi) is 26.7. The lowest BCUT2D eigenvalue weighted by molar-refractivity contribution is -0.141. The van der Waals surface area contributed by atoms with Crippen LogP contribution in [0.25, 0.3) is 21.8 Å². The zero-order valence-corrected chi connectivity index (χ0v) is 59.6. The third-order valence-corrected chi connectivity index (χ3v) is 22.6. The molecule has 4 aliphatic rings. The van der Waals surface area contributed by atoms with Crippen LogP contribution in [0.15, 0.2) is 121 Å². The molecule has 0 unspecified atom stereocenters. The number of nitrogens with two attached hydrogens (primary N) is 1. The average Bonchev–Trinajstić information content (AvgIpc) is 1.61. The summed E-state index contributed by atoms with van der Waals surface area (Å²) in [4.78, 5) is 199.